The van der Waals surface area contributed by atoms with Crippen LogP contribution in [0.25, 0.3) is 0 Å². The first-order valence-corrected chi connectivity index (χ1v) is 8.03. The lowest BCUT2D eigenvalue weighted by atomic mass is 10.1. The molecule has 1 unspecified atom stereocenters. The Bertz CT molecular complexity index is 419. The van der Waals surface area contributed by atoms with E-state index in [9.17, 15) is 5.11 Å². The third kappa shape index (κ3) is 3.38. The average molecular weight is 330 g/mol. The smallest absolute Gasteiger partial charge is 0.0739 e. The first kappa shape index (κ1) is 15.0. The number of aromatic nitrogens is 2. The number of aliphatic hydroxyl groups excluding tert-OH is 1. The second-order valence-electron chi connectivity index (χ2n) is 5.32. The van der Waals surface area contributed by atoms with Crippen LogP contribution in [-0.2, 0) is 13.1 Å². The van der Waals surface area contributed by atoms with Gasteiger partial charge in [-0.15, -0.1) is 0 Å². The Morgan fingerprint density at radius 2 is 2.16 bits per heavy atom. The Hall–Kier alpha value is -0.390. The molecule has 1 aromatic rings. The monoisotopic (exact) mass is 329 g/mol. The Labute approximate surface area is 123 Å². The lowest BCUT2D eigenvalue weighted by Gasteiger charge is -2.28. The molecule has 1 fully saturated rings. The molecule has 1 aliphatic rings. The molecular formula is C14H24BrN3O. The highest BCUT2D eigenvalue weighted by atomic mass is 79.9. The minimum Gasteiger partial charge on any atom is -0.395 e. The Balaban J connectivity index is 2.18. The van der Waals surface area contributed by atoms with Crippen molar-refractivity contribution in [3.05, 3.63) is 15.9 Å². The predicted octanol–water partition coefficient (Wildman–Crippen LogP) is 2.71. The minimum absolute atomic E-state index is 0.261. The van der Waals surface area contributed by atoms with Crippen molar-refractivity contribution < 1.29 is 5.11 Å². The van der Waals surface area contributed by atoms with Crippen LogP contribution in [0.5, 0.6) is 0 Å². The van der Waals surface area contributed by atoms with Crippen LogP contribution >= 0.6 is 15.9 Å². The van der Waals surface area contributed by atoms with Crippen LogP contribution in [-0.4, -0.2) is 39.0 Å². The first-order chi connectivity index (χ1) is 9.17. The topological polar surface area (TPSA) is 41.3 Å². The maximum Gasteiger partial charge on any atom is 0.0739 e. The van der Waals surface area contributed by atoms with Gasteiger partial charge in [0.1, 0.15) is 0 Å². The maximum absolute atomic E-state index is 9.59. The van der Waals surface area contributed by atoms with Gasteiger partial charge in [0.05, 0.1) is 22.5 Å². The molecule has 108 valence electrons. The van der Waals surface area contributed by atoms with Crippen LogP contribution < -0.4 is 0 Å². The van der Waals surface area contributed by atoms with Gasteiger partial charge >= 0.3 is 0 Å². The van der Waals surface area contributed by atoms with Gasteiger partial charge in [0.25, 0.3) is 0 Å². The minimum atomic E-state index is 0.261. The molecule has 1 saturated heterocycles. The van der Waals surface area contributed by atoms with Gasteiger partial charge in [0.2, 0.25) is 0 Å². The molecule has 0 spiro atoms. The van der Waals surface area contributed by atoms with Gasteiger partial charge < -0.3 is 5.11 Å². The molecule has 19 heavy (non-hydrogen) atoms. The van der Waals surface area contributed by atoms with Gasteiger partial charge in [-0.1, -0.05) is 12.8 Å². The molecule has 1 aromatic heterocycles. The van der Waals surface area contributed by atoms with Crippen molar-refractivity contribution in [3.63, 3.8) is 0 Å². The molecule has 5 heteroatoms. The number of hydrogen-bond acceptors (Lipinski definition) is 3. The Morgan fingerprint density at radius 1 is 1.37 bits per heavy atom. The lowest BCUT2D eigenvalue weighted by molar-refractivity contribution is 0.115. The number of hydrogen-bond donors (Lipinski definition) is 1. The second-order valence-corrected chi connectivity index (χ2v) is 6.11. The van der Waals surface area contributed by atoms with Gasteiger partial charge in [0.15, 0.2) is 0 Å². The summed E-state index contributed by atoms with van der Waals surface area (Å²) in [5, 5.41) is 14.1. The second kappa shape index (κ2) is 6.86. The van der Waals surface area contributed by atoms with Crippen molar-refractivity contribution in [3.8, 4) is 0 Å². The highest BCUT2D eigenvalue weighted by Crippen LogP contribution is 2.25. The Morgan fingerprint density at radius 3 is 2.84 bits per heavy atom. The summed E-state index contributed by atoms with van der Waals surface area (Å²) >= 11 is 3.66. The SMILES string of the molecule is CCn1nc(C)c(Br)c1CN1CCCCCC1CO. The van der Waals surface area contributed by atoms with E-state index in [0.717, 1.165) is 36.2 Å². The normalized spacial score (nSPS) is 21.6. The zero-order valence-corrected chi connectivity index (χ0v) is 13.5. The van der Waals surface area contributed by atoms with Crippen molar-refractivity contribution in [1.29, 1.82) is 0 Å². The highest BCUT2D eigenvalue weighted by Gasteiger charge is 2.23. The molecule has 1 atom stereocenters. The number of likely N-dealkylation sites (tertiary alicyclic amines) is 1. The first-order valence-electron chi connectivity index (χ1n) is 7.24. The molecule has 0 amide bonds. The van der Waals surface area contributed by atoms with Gasteiger partial charge in [0, 0.05) is 19.1 Å². The highest BCUT2D eigenvalue weighted by molar-refractivity contribution is 9.10. The van der Waals surface area contributed by atoms with E-state index in [2.05, 4.69) is 37.5 Å². The van der Waals surface area contributed by atoms with Crippen molar-refractivity contribution >= 4 is 15.9 Å². The fourth-order valence-corrected chi connectivity index (χ4v) is 3.27. The summed E-state index contributed by atoms with van der Waals surface area (Å²) < 4.78 is 3.19. The summed E-state index contributed by atoms with van der Waals surface area (Å²) in [5.74, 6) is 0. The van der Waals surface area contributed by atoms with Crippen LogP contribution in [0, 0.1) is 6.92 Å². The van der Waals surface area contributed by atoms with Crippen LogP contribution in [0.3, 0.4) is 0 Å². The lowest BCUT2D eigenvalue weighted by Crippen LogP contribution is -2.37. The van der Waals surface area contributed by atoms with Crippen LogP contribution in [0.15, 0.2) is 4.47 Å². The van der Waals surface area contributed by atoms with E-state index < -0.39 is 0 Å². The van der Waals surface area contributed by atoms with Gasteiger partial charge in [-0.2, -0.15) is 5.10 Å². The zero-order chi connectivity index (χ0) is 13.8. The van der Waals surface area contributed by atoms with E-state index in [1.165, 1.54) is 25.0 Å². The maximum atomic E-state index is 9.59. The van der Waals surface area contributed by atoms with E-state index in [1.807, 2.05) is 6.92 Å². The third-order valence-electron chi connectivity index (χ3n) is 4.02. The van der Waals surface area contributed by atoms with Crippen molar-refractivity contribution in [1.82, 2.24) is 14.7 Å². The molecule has 0 saturated carbocycles. The summed E-state index contributed by atoms with van der Waals surface area (Å²) in [6, 6.07) is 0.301. The molecule has 2 rings (SSSR count). The number of halogens is 1. The average Bonchev–Trinajstić information content (AvgIpc) is 2.60. The summed E-state index contributed by atoms with van der Waals surface area (Å²) in [5.41, 5.74) is 2.28. The van der Waals surface area contributed by atoms with E-state index >= 15 is 0 Å². The molecule has 1 aliphatic heterocycles. The van der Waals surface area contributed by atoms with Crippen molar-refractivity contribution in [2.24, 2.45) is 0 Å². The van der Waals surface area contributed by atoms with Gasteiger partial charge in [-0.05, 0) is 49.2 Å². The number of nitrogens with zero attached hydrogens (tertiary/aromatic N) is 3. The molecule has 2 heterocycles. The van der Waals surface area contributed by atoms with Crippen LogP contribution in [0.2, 0.25) is 0 Å². The molecule has 0 aliphatic carbocycles. The standard InChI is InChI=1S/C14H24BrN3O/c1-3-18-13(14(15)11(2)16-18)9-17-8-6-4-5-7-12(17)10-19/h12,19H,3-10H2,1-2H3. The van der Waals surface area contributed by atoms with Gasteiger partial charge in [-0.25, -0.2) is 0 Å². The van der Waals surface area contributed by atoms with Crippen LogP contribution in [0.4, 0.5) is 0 Å². The van der Waals surface area contributed by atoms with Crippen molar-refractivity contribution in [2.45, 2.75) is 58.7 Å². The largest absolute Gasteiger partial charge is 0.395 e. The molecule has 0 aromatic carbocycles. The summed E-state index contributed by atoms with van der Waals surface area (Å²) in [6.45, 7) is 7.25. The third-order valence-corrected chi connectivity index (χ3v) is 5.05. The fourth-order valence-electron chi connectivity index (χ4n) is 2.86. The van der Waals surface area contributed by atoms with Gasteiger partial charge in [-0.3, -0.25) is 9.58 Å². The number of aliphatic hydroxyl groups is 1. The van der Waals surface area contributed by atoms with E-state index in [4.69, 9.17) is 0 Å². The van der Waals surface area contributed by atoms with Crippen molar-refractivity contribution in [2.75, 3.05) is 13.2 Å². The van der Waals surface area contributed by atoms with E-state index in [0.29, 0.717) is 6.04 Å². The number of rotatable bonds is 4. The molecule has 0 radical (unpaired) electrons. The van der Waals surface area contributed by atoms with E-state index in [-0.39, 0.29) is 6.61 Å². The quantitative estimate of drug-likeness (QED) is 0.923. The van der Waals surface area contributed by atoms with Crippen LogP contribution in [0.1, 0.15) is 44.0 Å². The fraction of sp³-hybridized carbons (Fsp3) is 0.786. The summed E-state index contributed by atoms with van der Waals surface area (Å²) in [4.78, 5) is 2.42. The summed E-state index contributed by atoms with van der Waals surface area (Å²) in [6.07, 6.45) is 4.84. The number of aryl methyl sites for hydroxylation is 2. The molecule has 4 nitrogen and oxygen atoms in total. The van der Waals surface area contributed by atoms with E-state index in [1.54, 1.807) is 0 Å². The molecule has 0 bridgehead atoms. The Kier molecular flexibility index (Phi) is 5.42. The summed E-state index contributed by atoms with van der Waals surface area (Å²) in [7, 11) is 0. The molecule has 1 N–H and O–H groups in total. The predicted molar refractivity (Wildman–Crippen MR) is 80.1 cm³/mol. The zero-order valence-electron chi connectivity index (χ0n) is 11.9. The molecular weight excluding hydrogens is 306 g/mol.